The molecule has 21 heavy (non-hydrogen) atoms. The van der Waals surface area contributed by atoms with E-state index in [1.807, 2.05) is 12.1 Å². The number of benzene rings is 2. The predicted octanol–water partition coefficient (Wildman–Crippen LogP) is 4.47. The Morgan fingerprint density at radius 2 is 1.76 bits per heavy atom. The first kappa shape index (κ1) is 15.6. The smallest absolute Gasteiger partial charge is 0.163 e. The molecule has 1 atom stereocenters. The Kier molecular flexibility index (Phi) is 5.07. The van der Waals surface area contributed by atoms with Gasteiger partial charge in [-0.1, -0.05) is 50.2 Å². The fraction of sp³-hybridized carbons (Fsp3) is 0.333. The molecule has 0 bridgehead atoms. The second-order valence-electron chi connectivity index (χ2n) is 5.71. The van der Waals surface area contributed by atoms with Crippen LogP contribution in [0.3, 0.4) is 0 Å². The summed E-state index contributed by atoms with van der Waals surface area (Å²) in [7, 11) is 1.75. The topological polar surface area (TPSA) is 12.0 Å². The predicted molar refractivity (Wildman–Crippen MR) is 82.2 cm³/mol. The Morgan fingerprint density at radius 1 is 1.05 bits per heavy atom. The zero-order valence-electron chi connectivity index (χ0n) is 12.7. The first-order valence-corrected chi connectivity index (χ1v) is 7.23. The molecule has 1 nitrogen and oxygen atoms in total. The summed E-state index contributed by atoms with van der Waals surface area (Å²) >= 11 is 0. The first-order chi connectivity index (χ1) is 10.0. The fourth-order valence-corrected chi connectivity index (χ4v) is 2.62. The van der Waals surface area contributed by atoms with Crippen LogP contribution in [-0.2, 0) is 6.42 Å². The average Bonchev–Trinajstić information content (AvgIpc) is 2.44. The van der Waals surface area contributed by atoms with Gasteiger partial charge in [-0.05, 0) is 36.6 Å². The summed E-state index contributed by atoms with van der Waals surface area (Å²) in [5, 5.41) is 3.08. The molecule has 0 saturated carbocycles. The van der Waals surface area contributed by atoms with Gasteiger partial charge in [0.05, 0.1) is 6.04 Å². The van der Waals surface area contributed by atoms with Crippen LogP contribution >= 0.6 is 0 Å². The molecule has 0 saturated heterocycles. The van der Waals surface area contributed by atoms with Crippen LogP contribution in [0.2, 0.25) is 0 Å². The van der Waals surface area contributed by atoms with Gasteiger partial charge in [-0.2, -0.15) is 0 Å². The van der Waals surface area contributed by atoms with Crippen LogP contribution in [0.25, 0.3) is 0 Å². The first-order valence-electron chi connectivity index (χ1n) is 7.23. The molecule has 2 rings (SSSR count). The van der Waals surface area contributed by atoms with Crippen molar-refractivity contribution in [3.63, 3.8) is 0 Å². The lowest BCUT2D eigenvalue weighted by Crippen LogP contribution is -2.19. The zero-order chi connectivity index (χ0) is 15.4. The van der Waals surface area contributed by atoms with Crippen LogP contribution < -0.4 is 5.32 Å². The van der Waals surface area contributed by atoms with Gasteiger partial charge in [0.2, 0.25) is 0 Å². The molecule has 0 aromatic heterocycles. The summed E-state index contributed by atoms with van der Waals surface area (Å²) < 4.78 is 27.5. The molecule has 0 amide bonds. The summed E-state index contributed by atoms with van der Waals surface area (Å²) in [5.41, 5.74) is 2.49. The van der Waals surface area contributed by atoms with Crippen LogP contribution in [0, 0.1) is 17.6 Å². The molecule has 0 spiro atoms. The lowest BCUT2D eigenvalue weighted by molar-refractivity contribution is 0.487. The van der Waals surface area contributed by atoms with Gasteiger partial charge in [0.25, 0.3) is 0 Å². The molecule has 2 aromatic carbocycles. The van der Waals surface area contributed by atoms with Gasteiger partial charge in [0.1, 0.15) is 0 Å². The van der Waals surface area contributed by atoms with Gasteiger partial charge < -0.3 is 5.32 Å². The van der Waals surface area contributed by atoms with E-state index in [0.717, 1.165) is 18.1 Å². The van der Waals surface area contributed by atoms with E-state index < -0.39 is 11.6 Å². The van der Waals surface area contributed by atoms with E-state index in [2.05, 4.69) is 31.3 Å². The third-order valence-electron chi connectivity index (χ3n) is 3.51. The molecule has 0 aliphatic rings. The van der Waals surface area contributed by atoms with Crippen molar-refractivity contribution in [2.45, 2.75) is 26.3 Å². The Hall–Kier alpha value is -1.74. The van der Waals surface area contributed by atoms with E-state index in [0.29, 0.717) is 11.5 Å². The van der Waals surface area contributed by atoms with Crippen LogP contribution in [-0.4, -0.2) is 7.05 Å². The van der Waals surface area contributed by atoms with Crippen molar-refractivity contribution in [2.24, 2.45) is 5.92 Å². The van der Waals surface area contributed by atoms with Crippen molar-refractivity contribution in [1.82, 2.24) is 5.32 Å². The average molecular weight is 289 g/mol. The maximum atomic E-state index is 14.0. The Labute approximate surface area is 125 Å². The zero-order valence-corrected chi connectivity index (χ0v) is 12.7. The number of hydrogen-bond donors (Lipinski definition) is 1. The molecule has 2 aromatic rings. The maximum absolute atomic E-state index is 14.0. The number of hydrogen-bond acceptors (Lipinski definition) is 1. The summed E-state index contributed by atoms with van der Waals surface area (Å²) in [6.45, 7) is 4.32. The summed E-state index contributed by atoms with van der Waals surface area (Å²) in [6, 6.07) is 12.0. The highest BCUT2D eigenvalue weighted by Gasteiger charge is 2.18. The second kappa shape index (κ2) is 6.81. The minimum absolute atomic E-state index is 0.333. The maximum Gasteiger partial charge on any atom is 0.163 e. The molecule has 1 unspecified atom stereocenters. The molecular weight excluding hydrogens is 268 g/mol. The van der Waals surface area contributed by atoms with Gasteiger partial charge in [-0.15, -0.1) is 0 Å². The minimum Gasteiger partial charge on any atom is -0.309 e. The Bertz CT molecular complexity index is 608. The Balaban J connectivity index is 2.39. The van der Waals surface area contributed by atoms with E-state index in [1.165, 1.54) is 11.6 Å². The van der Waals surface area contributed by atoms with Gasteiger partial charge >= 0.3 is 0 Å². The largest absolute Gasteiger partial charge is 0.309 e. The highest BCUT2D eigenvalue weighted by atomic mass is 19.2. The van der Waals surface area contributed by atoms with Crippen LogP contribution in [0.1, 0.15) is 36.6 Å². The molecule has 0 fully saturated rings. The molecule has 1 N–H and O–H groups in total. The highest BCUT2D eigenvalue weighted by molar-refractivity contribution is 5.35. The quantitative estimate of drug-likeness (QED) is 0.856. The molecular formula is C18H21F2N. The van der Waals surface area contributed by atoms with Gasteiger partial charge in [0.15, 0.2) is 11.6 Å². The molecule has 0 heterocycles. The fourth-order valence-electron chi connectivity index (χ4n) is 2.62. The summed E-state index contributed by atoms with van der Waals surface area (Å²) in [5.74, 6) is -1.05. The van der Waals surface area contributed by atoms with Crippen molar-refractivity contribution >= 4 is 0 Å². The summed E-state index contributed by atoms with van der Waals surface area (Å²) in [6.07, 6.45) is 0.968. The number of rotatable bonds is 5. The lowest BCUT2D eigenvalue weighted by atomic mass is 9.94. The van der Waals surface area contributed by atoms with Crippen molar-refractivity contribution < 1.29 is 8.78 Å². The van der Waals surface area contributed by atoms with E-state index >= 15 is 0 Å². The highest BCUT2D eigenvalue weighted by Crippen LogP contribution is 2.26. The van der Waals surface area contributed by atoms with Crippen LogP contribution in [0.4, 0.5) is 8.78 Å². The Morgan fingerprint density at radius 3 is 2.43 bits per heavy atom. The van der Waals surface area contributed by atoms with Gasteiger partial charge in [-0.3, -0.25) is 0 Å². The monoisotopic (exact) mass is 289 g/mol. The number of halogens is 2. The SMILES string of the molecule is CNC(c1cccc(CC(C)C)c1)c1cccc(F)c1F. The normalized spacial score (nSPS) is 12.7. The third kappa shape index (κ3) is 3.67. The number of nitrogens with one attached hydrogen (secondary N) is 1. The van der Waals surface area contributed by atoms with Gasteiger partial charge in [-0.25, -0.2) is 8.78 Å². The molecule has 0 aliphatic carbocycles. The molecule has 3 heteroatoms. The standard InChI is InChI=1S/C18H21F2N/c1-12(2)10-13-6-4-7-14(11-13)18(21-3)15-8-5-9-16(19)17(15)20/h4-9,11-12,18,21H,10H2,1-3H3. The van der Waals surface area contributed by atoms with Crippen LogP contribution in [0.5, 0.6) is 0 Å². The molecule has 0 aliphatic heterocycles. The lowest BCUT2D eigenvalue weighted by Gasteiger charge is -2.19. The van der Waals surface area contributed by atoms with E-state index in [4.69, 9.17) is 0 Å². The third-order valence-corrected chi connectivity index (χ3v) is 3.51. The van der Waals surface area contributed by atoms with Crippen molar-refractivity contribution in [2.75, 3.05) is 7.05 Å². The molecule has 0 radical (unpaired) electrons. The minimum atomic E-state index is -0.814. The van der Waals surface area contributed by atoms with E-state index in [-0.39, 0.29) is 6.04 Å². The van der Waals surface area contributed by atoms with Crippen molar-refractivity contribution in [3.8, 4) is 0 Å². The van der Waals surface area contributed by atoms with Gasteiger partial charge in [0, 0.05) is 5.56 Å². The van der Waals surface area contributed by atoms with Crippen LogP contribution in [0.15, 0.2) is 42.5 Å². The molecule has 112 valence electrons. The van der Waals surface area contributed by atoms with Crippen molar-refractivity contribution in [1.29, 1.82) is 0 Å². The second-order valence-corrected chi connectivity index (χ2v) is 5.71. The van der Waals surface area contributed by atoms with Crippen molar-refractivity contribution in [3.05, 3.63) is 70.8 Å². The van der Waals surface area contributed by atoms with E-state index in [9.17, 15) is 8.78 Å². The summed E-state index contributed by atoms with van der Waals surface area (Å²) in [4.78, 5) is 0. The van der Waals surface area contributed by atoms with E-state index in [1.54, 1.807) is 13.1 Å².